The van der Waals surface area contributed by atoms with Crippen LogP contribution in [0.1, 0.15) is 35.4 Å². The second kappa shape index (κ2) is 5.71. The molecule has 0 amide bonds. The van der Waals surface area contributed by atoms with Gasteiger partial charge in [-0.15, -0.1) is 0 Å². The molecule has 0 saturated carbocycles. The lowest BCUT2D eigenvalue weighted by molar-refractivity contribution is -0.137. The van der Waals surface area contributed by atoms with Gasteiger partial charge in [0.25, 0.3) is 0 Å². The van der Waals surface area contributed by atoms with Crippen LogP contribution in [0.2, 0.25) is 0 Å². The summed E-state index contributed by atoms with van der Waals surface area (Å²) in [6.07, 6.45) is -2.76. The van der Waals surface area contributed by atoms with E-state index in [4.69, 9.17) is 4.42 Å². The van der Waals surface area contributed by atoms with Crippen LogP contribution in [0.25, 0.3) is 0 Å². The van der Waals surface area contributed by atoms with Crippen molar-refractivity contribution in [2.24, 2.45) is 0 Å². The molecule has 2 aromatic rings. The van der Waals surface area contributed by atoms with Gasteiger partial charge in [0, 0.05) is 5.56 Å². The highest BCUT2D eigenvalue weighted by atomic mass is 19.4. The Labute approximate surface area is 115 Å². The molecule has 0 radical (unpaired) electrons. The fourth-order valence-corrected chi connectivity index (χ4v) is 2.14. The van der Waals surface area contributed by atoms with Crippen molar-refractivity contribution < 1.29 is 17.6 Å². The number of hydrogen-bond donors (Lipinski definition) is 1. The number of halogens is 3. The Balaban J connectivity index is 2.39. The Morgan fingerprint density at radius 2 is 1.95 bits per heavy atom. The third kappa shape index (κ3) is 3.22. The Kier molecular flexibility index (Phi) is 4.18. The first kappa shape index (κ1) is 14.7. The molecular weight excluding hydrogens is 267 g/mol. The Morgan fingerprint density at radius 1 is 1.20 bits per heavy atom. The summed E-state index contributed by atoms with van der Waals surface area (Å²) in [7, 11) is 0. The quantitative estimate of drug-likeness (QED) is 0.904. The van der Waals surface area contributed by atoms with Crippen LogP contribution in [0.15, 0.2) is 41.0 Å². The summed E-state index contributed by atoms with van der Waals surface area (Å²) in [6.45, 7) is 4.36. The van der Waals surface area contributed by atoms with Gasteiger partial charge in [-0.3, -0.25) is 0 Å². The van der Waals surface area contributed by atoms with Crippen LogP contribution in [-0.4, -0.2) is 6.54 Å². The van der Waals surface area contributed by atoms with E-state index in [-0.39, 0.29) is 6.04 Å². The average molecular weight is 283 g/mol. The van der Waals surface area contributed by atoms with Crippen LogP contribution in [0.4, 0.5) is 13.2 Å². The van der Waals surface area contributed by atoms with Crippen molar-refractivity contribution >= 4 is 0 Å². The van der Waals surface area contributed by atoms with Crippen LogP contribution < -0.4 is 5.32 Å². The summed E-state index contributed by atoms with van der Waals surface area (Å²) >= 11 is 0. The summed E-state index contributed by atoms with van der Waals surface area (Å²) in [4.78, 5) is 0. The zero-order valence-corrected chi connectivity index (χ0v) is 11.3. The first-order chi connectivity index (χ1) is 9.41. The molecule has 0 aliphatic rings. The molecule has 1 unspecified atom stereocenters. The molecular formula is C15H16F3NO. The lowest BCUT2D eigenvalue weighted by Gasteiger charge is -2.18. The molecule has 20 heavy (non-hydrogen) atoms. The minimum atomic E-state index is -4.33. The third-order valence-electron chi connectivity index (χ3n) is 3.04. The van der Waals surface area contributed by atoms with E-state index < -0.39 is 11.7 Å². The van der Waals surface area contributed by atoms with Crippen LogP contribution in [0, 0.1) is 6.92 Å². The fraction of sp³-hybridized carbons (Fsp3) is 0.333. The maximum Gasteiger partial charge on any atom is 0.416 e. The van der Waals surface area contributed by atoms with E-state index in [0.717, 1.165) is 17.4 Å². The van der Waals surface area contributed by atoms with Gasteiger partial charge in [-0.25, -0.2) is 0 Å². The molecule has 0 fully saturated rings. The van der Waals surface area contributed by atoms with Crippen LogP contribution in [-0.2, 0) is 6.18 Å². The highest BCUT2D eigenvalue weighted by molar-refractivity contribution is 5.34. The SMILES string of the molecule is CCNC(c1cccc(C(F)(F)F)c1)c1coc(C)c1. The topological polar surface area (TPSA) is 25.2 Å². The number of alkyl halides is 3. The average Bonchev–Trinajstić information content (AvgIpc) is 2.81. The fourth-order valence-electron chi connectivity index (χ4n) is 2.14. The van der Waals surface area contributed by atoms with Gasteiger partial charge >= 0.3 is 6.18 Å². The van der Waals surface area contributed by atoms with E-state index in [1.165, 1.54) is 12.1 Å². The summed E-state index contributed by atoms with van der Waals surface area (Å²) in [5.74, 6) is 0.731. The molecule has 1 heterocycles. The van der Waals surface area contributed by atoms with Gasteiger partial charge in [0.15, 0.2) is 0 Å². The molecule has 0 bridgehead atoms. The highest BCUT2D eigenvalue weighted by Crippen LogP contribution is 2.32. The van der Waals surface area contributed by atoms with Crippen molar-refractivity contribution in [1.82, 2.24) is 5.32 Å². The van der Waals surface area contributed by atoms with Gasteiger partial charge in [-0.2, -0.15) is 13.2 Å². The maximum absolute atomic E-state index is 12.8. The van der Waals surface area contributed by atoms with Crippen LogP contribution in [0.5, 0.6) is 0 Å². The smallest absolute Gasteiger partial charge is 0.416 e. The maximum atomic E-state index is 12.8. The van der Waals surface area contributed by atoms with Gasteiger partial charge in [0.1, 0.15) is 5.76 Å². The monoisotopic (exact) mass is 283 g/mol. The lowest BCUT2D eigenvalue weighted by Crippen LogP contribution is -2.22. The minimum Gasteiger partial charge on any atom is -0.469 e. The Bertz CT molecular complexity index is 574. The standard InChI is InChI=1S/C15H16F3NO/c1-3-19-14(12-7-10(2)20-9-12)11-5-4-6-13(8-11)15(16,17)18/h4-9,14,19H,3H2,1-2H3. The molecule has 0 aliphatic carbocycles. The van der Waals surface area contributed by atoms with Crippen molar-refractivity contribution in [3.05, 3.63) is 59.0 Å². The minimum absolute atomic E-state index is 0.306. The second-order valence-electron chi connectivity index (χ2n) is 4.60. The Morgan fingerprint density at radius 3 is 2.50 bits per heavy atom. The first-order valence-electron chi connectivity index (χ1n) is 6.37. The molecule has 1 aromatic carbocycles. The van der Waals surface area contributed by atoms with Crippen molar-refractivity contribution in [2.45, 2.75) is 26.1 Å². The van der Waals surface area contributed by atoms with Gasteiger partial charge in [-0.05, 0) is 37.2 Å². The van der Waals surface area contributed by atoms with E-state index in [2.05, 4.69) is 5.32 Å². The number of hydrogen-bond acceptors (Lipinski definition) is 2. The summed E-state index contributed by atoms with van der Waals surface area (Å²) in [6, 6.07) is 6.89. The molecule has 1 N–H and O–H groups in total. The Hall–Kier alpha value is -1.75. The number of benzene rings is 1. The van der Waals surface area contributed by atoms with Crippen molar-refractivity contribution in [3.8, 4) is 0 Å². The molecule has 5 heteroatoms. The predicted octanol–water partition coefficient (Wildman–Crippen LogP) is 4.31. The summed E-state index contributed by atoms with van der Waals surface area (Å²) in [5.41, 5.74) is 0.754. The van der Waals surface area contributed by atoms with Crippen LogP contribution in [0.3, 0.4) is 0 Å². The number of furan rings is 1. The van der Waals surface area contributed by atoms with Crippen molar-refractivity contribution in [2.75, 3.05) is 6.54 Å². The largest absolute Gasteiger partial charge is 0.469 e. The van der Waals surface area contributed by atoms with Gasteiger partial charge < -0.3 is 9.73 Å². The van der Waals surface area contributed by atoms with E-state index in [1.54, 1.807) is 19.3 Å². The number of nitrogens with one attached hydrogen (secondary N) is 1. The molecule has 2 rings (SSSR count). The predicted molar refractivity (Wildman–Crippen MR) is 70.4 cm³/mol. The van der Waals surface area contributed by atoms with E-state index in [1.807, 2.05) is 13.0 Å². The molecule has 108 valence electrons. The van der Waals surface area contributed by atoms with Crippen LogP contribution >= 0.6 is 0 Å². The number of aryl methyl sites for hydroxylation is 1. The van der Waals surface area contributed by atoms with Gasteiger partial charge in [0.2, 0.25) is 0 Å². The summed E-state index contributed by atoms with van der Waals surface area (Å²) < 4.78 is 43.6. The zero-order valence-electron chi connectivity index (χ0n) is 11.3. The van der Waals surface area contributed by atoms with Gasteiger partial charge in [-0.1, -0.05) is 19.1 Å². The van der Waals surface area contributed by atoms with E-state index >= 15 is 0 Å². The molecule has 0 aliphatic heterocycles. The van der Waals surface area contributed by atoms with E-state index in [0.29, 0.717) is 12.1 Å². The van der Waals surface area contributed by atoms with Crippen molar-refractivity contribution in [3.63, 3.8) is 0 Å². The lowest BCUT2D eigenvalue weighted by atomic mass is 9.98. The third-order valence-corrected chi connectivity index (χ3v) is 3.04. The zero-order chi connectivity index (χ0) is 14.8. The van der Waals surface area contributed by atoms with Gasteiger partial charge in [0.05, 0.1) is 17.9 Å². The second-order valence-corrected chi connectivity index (χ2v) is 4.60. The normalized spacial score (nSPS) is 13.4. The highest BCUT2D eigenvalue weighted by Gasteiger charge is 2.31. The molecule has 0 spiro atoms. The van der Waals surface area contributed by atoms with Crippen molar-refractivity contribution in [1.29, 1.82) is 0 Å². The van der Waals surface area contributed by atoms with E-state index in [9.17, 15) is 13.2 Å². The summed E-state index contributed by atoms with van der Waals surface area (Å²) in [5, 5.41) is 3.18. The number of rotatable bonds is 4. The molecule has 2 nitrogen and oxygen atoms in total. The molecule has 1 atom stereocenters. The molecule has 0 saturated heterocycles. The molecule has 1 aromatic heterocycles. The first-order valence-corrected chi connectivity index (χ1v) is 6.37.